The fourth-order valence-corrected chi connectivity index (χ4v) is 4.20. The Kier molecular flexibility index (Phi) is 4.35. The van der Waals surface area contributed by atoms with Crippen molar-refractivity contribution >= 4 is 11.9 Å². The van der Waals surface area contributed by atoms with E-state index in [1.807, 2.05) is 18.2 Å². The minimum atomic E-state index is -1.29. The number of carbonyl (C=O) groups excluding carboxylic acids is 2. The van der Waals surface area contributed by atoms with Crippen molar-refractivity contribution in [1.82, 2.24) is 0 Å². The van der Waals surface area contributed by atoms with Crippen LogP contribution in [0.25, 0.3) is 0 Å². The maximum absolute atomic E-state index is 12.7. The van der Waals surface area contributed by atoms with E-state index >= 15 is 0 Å². The van der Waals surface area contributed by atoms with Gasteiger partial charge >= 0.3 is 11.9 Å². The number of benzene rings is 1. The number of esters is 2. The maximum Gasteiger partial charge on any atom is 0.323 e. The van der Waals surface area contributed by atoms with Crippen molar-refractivity contribution in [2.45, 2.75) is 25.2 Å². The van der Waals surface area contributed by atoms with Crippen LogP contribution in [0.15, 0.2) is 30.4 Å². The lowest BCUT2D eigenvalue weighted by molar-refractivity contribution is -0.175. The van der Waals surface area contributed by atoms with Crippen LogP contribution in [0.3, 0.4) is 0 Å². The molecule has 0 saturated heterocycles. The standard InChI is InChI=1S/C19H22O5/c1-22-13-9-8-12-11-19(17(20)23-2,18(21)24-3)16-7-5-4-6-14(16)15(12)10-13/h4,6,8-10,14,16H,5,7,11H2,1-3H3. The first-order valence-corrected chi connectivity index (χ1v) is 8.08. The molecule has 0 spiro atoms. The molecule has 0 radical (unpaired) electrons. The van der Waals surface area contributed by atoms with Crippen LogP contribution in [0.1, 0.15) is 29.9 Å². The topological polar surface area (TPSA) is 61.8 Å². The first kappa shape index (κ1) is 16.6. The molecule has 2 atom stereocenters. The van der Waals surface area contributed by atoms with Crippen LogP contribution in [0, 0.1) is 11.3 Å². The number of methoxy groups -OCH3 is 3. The molecule has 5 nitrogen and oxygen atoms in total. The summed E-state index contributed by atoms with van der Waals surface area (Å²) in [4.78, 5) is 25.4. The molecular weight excluding hydrogens is 308 g/mol. The molecule has 0 aliphatic heterocycles. The second-order valence-electron chi connectivity index (χ2n) is 6.33. The smallest absolute Gasteiger partial charge is 0.323 e. The summed E-state index contributed by atoms with van der Waals surface area (Å²) in [7, 11) is 4.28. The average Bonchev–Trinajstić information content (AvgIpc) is 2.65. The molecule has 1 aromatic rings. The van der Waals surface area contributed by atoms with E-state index in [0.29, 0.717) is 6.42 Å². The van der Waals surface area contributed by atoms with Crippen LogP contribution < -0.4 is 4.74 Å². The largest absolute Gasteiger partial charge is 0.497 e. The van der Waals surface area contributed by atoms with E-state index in [4.69, 9.17) is 14.2 Å². The van der Waals surface area contributed by atoms with Gasteiger partial charge in [0.15, 0.2) is 5.41 Å². The van der Waals surface area contributed by atoms with Gasteiger partial charge in [0, 0.05) is 5.92 Å². The second-order valence-corrected chi connectivity index (χ2v) is 6.33. The SMILES string of the molecule is COC(=O)C1(C(=O)OC)Cc2ccc(OC)cc2C2C=CCCC21. The molecule has 2 aliphatic carbocycles. The van der Waals surface area contributed by atoms with Gasteiger partial charge < -0.3 is 14.2 Å². The highest BCUT2D eigenvalue weighted by Gasteiger charge is 2.59. The summed E-state index contributed by atoms with van der Waals surface area (Å²) in [6.07, 6.45) is 6.06. The Morgan fingerprint density at radius 2 is 1.83 bits per heavy atom. The van der Waals surface area contributed by atoms with E-state index in [0.717, 1.165) is 29.7 Å². The number of rotatable bonds is 3. The van der Waals surface area contributed by atoms with Crippen LogP contribution in [0.2, 0.25) is 0 Å². The number of hydrogen-bond acceptors (Lipinski definition) is 5. The first-order valence-electron chi connectivity index (χ1n) is 8.08. The monoisotopic (exact) mass is 330 g/mol. The van der Waals surface area contributed by atoms with E-state index in [1.165, 1.54) is 14.2 Å². The fourth-order valence-electron chi connectivity index (χ4n) is 4.20. The fraction of sp³-hybridized carbons (Fsp3) is 0.474. The lowest BCUT2D eigenvalue weighted by atomic mass is 9.57. The van der Waals surface area contributed by atoms with E-state index < -0.39 is 17.4 Å². The zero-order chi connectivity index (χ0) is 17.3. The van der Waals surface area contributed by atoms with E-state index in [1.54, 1.807) is 7.11 Å². The van der Waals surface area contributed by atoms with Gasteiger partial charge in [0.05, 0.1) is 21.3 Å². The Labute approximate surface area is 141 Å². The highest BCUT2D eigenvalue weighted by Crippen LogP contribution is 2.53. The van der Waals surface area contributed by atoms with Crippen molar-refractivity contribution < 1.29 is 23.8 Å². The van der Waals surface area contributed by atoms with Crippen molar-refractivity contribution in [3.63, 3.8) is 0 Å². The highest BCUT2D eigenvalue weighted by atomic mass is 16.5. The molecule has 1 aromatic carbocycles. The normalized spacial score (nSPS) is 23.6. The van der Waals surface area contributed by atoms with Crippen molar-refractivity contribution in [3.05, 3.63) is 41.5 Å². The summed E-state index contributed by atoms with van der Waals surface area (Å²) in [5.41, 5.74) is 0.777. The molecule has 0 aromatic heterocycles. The van der Waals surface area contributed by atoms with Crippen LogP contribution >= 0.6 is 0 Å². The summed E-state index contributed by atoms with van der Waals surface area (Å²) in [6.45, 7) is 0. The predicted octanol–water partition coefficient (Wildman–Crippen LogP) is 2.63. The summed E-state index contributed by atoms with van der Waals surface area (Å²) in [5, 5.41) is 0. The van der Waals surface area contributed by atoms with Gasteiger partial charge in [-0.15, -0.1) is 0 Å². The predicted molar refractivity (Wildman–Crippen MR) is 87.8 cm³/mol. The lowest BCUT2D eigenvalue weighted by Gasteiger charge is -2.45. The Balaban J connectivity index is 2.20. The van der Waals surface area contributed by atoms with Crippen LogP contribution in [-0.4, -0.2) is 33.3 Å². The second kappa shape index (κ2) is 6.30. The minimum absolute atomic E-state index is 0.0317. The molecule has 0 amide bonds. The third kappa shape index (κ3) is 2.30. The molecule has 128 valence electrons. The van der Waals surface area contributed by atoms with Gasteiger partial charge in [-0.3, -0.25) is 9.59 Å². The lowest BCUT2D eigenvalue weighted by Crippen LogP contribution is -2.53. The molecule has 2 aliphatic rings. The molecule has 5 heteroatoms. The number of hydrogen-bond donors (Lipinski definition) is 0. The summed E-state index contributed by atoms with van der Waals surface area (Å²) >= 11 is 0. The Bertz CT molecular complexity index is 675. The van der Waals surface area contributed by atoms with Crippen LogP contribution in [0.4, 0.5) is 0 Å². The summed E-state index contributed by atoms with van der Waals surface area (Å²) in [5.74, 6) is -0.463. The molecule has 0 heterocycles. The van der Waals surface area contributed by atoms with E-state index in [-0.39, 0.29) is 11.8 Å². The molecule has 0 bridgehead atoms. The number of carbonyl (C=O) groups is 2. The number of fused-ring (bicyclic) bond motifs is 3. The van der Waals surface area contributed by atoms with Crippen LogP contribution in [0.5, 0.6) is 5.75 Å². The molecule has 2 unspecified atom stereocenters. The summed E-state index contributed by atoms with van der Waals surface area (Å²) in [6, 6.07) is 5.78. The number of allylic oxidation sites excluding steroid dienone is 2. The maximum atomic E-state index is 12.7. The zero-order valence-electron chi connectivity index (χ0n) is 14.2. The summed E-state index contributed by atoms with van der Waals surface area (Å²) < 4.78 is 15.4. The van der Waals surface area contributed by atoms with Gasteiger partial charge in [-0.1, -0.05) is 18.2 Å². The zero-order valence-corrected chi connectivity index (χ0v) is 14.2. The third-order valence-electron chi connectivity index (χ3n) is 5.33. The van der Waals surface area contributed by atoms with Gasteiger partial charge in [-0.05, 0) is 48.4 Å². The Morgan fingerprint density at radius 1 is 1.12 bits per heavy atom. The van der Waals surface area contributed by atoms with E-state index in [9.17, 15) is 9.59 Å². The molecule has 0 N–H and O–H groups in total. The van der Waals surface area contributed by atoms with E-state index in [2.05, 4.69) is 12.2 Å². The average molecular weight is 330 g/mol. The van der Waals surface area contributed by atoms with Gasteiger partial charge in [0.1, 0.15) is 5.75 Å². The molecule has 24 heavy (non-hydrogen) atoms. The molecule has 3 rings (SSSR count). The van der Waals surface area contributed by atoms with Gasteiger partial charge in [-0.25, -0.2) is 0 Å². The van der Waals surface area contributed by atoms with Gasteiger partial charge in [0.25, 0.3) is 0 Å². The molecule has 0 saturated carbocycles. The van der Waals surface area contributed by atoms with Gasteiger partial charge in [-0.2, -0.15) is 0 Å². The Morgan fingerprint density at radius 3 is 2.46 bits per heavy atom. The number of ether oxygens (including phenoxy) is 3. The van der Waals surface area contributed by atoms with Crippen molar-refractivity contribution in [2.24, 2.45) is 11.3 Å². The van der Waals surface area contributed by atoms with Crippen molar-refractivity contribution in [3.8, 4) is 5.75 Å². The van der Waals surface area contributed by atoms with Crippen molar-refractivity contribution in [1.29, 1.82) is 0 Å². The molecule has 0 fully saturated rings. The van der Waals surface area contributed by atoms with Crippen molar-refractivity contribution in [2.75, 3.05) is 21.3 Å². The molecular formula is C19H22O5. The quantitative estimate of drug-likeness (QED) is 0.484. The minimum Gasteiger partial charge on any atom is -0.497 e. The Hall–Kier alpha value is -2.30. The first-order chi connectivity index (χ1) is 11.6. The third-order valence-corrected chi connectivity index (χ3v) is 5.33. The highest BCUT2D eigenvalue weighted by molar-refractivity contribution is 6.01. The van der Waals surface area contributed by atoms with Gasteiger partial charge in [0.2, 0.25) is 0 Å². The van der Waals surface area contributed by atoms with Crippen LogP contribution in [-0.2, 0) is 25.5 Å².